The van der Waals surface area contributed by atoms with Crippen molar-refractivity contribution in [2.45, 2.75) is 38.0 Å². The van der Waals surface area contributed by atoms with E-state index in [0.717, 1.165) is 0 Å². The van der Waals surface area contributed by atoms with Crippen LogP contribution in [0.3, 0.4) is 0 Å². The van der Waals surface area contributed by atoms with Crippen LogP contribution in [0, 0.1) is 0 Å². The lowest BCUT2D eigenvalue weighted by Crippen LogP contribution is -2.01. The Bertz CT molecular complexity index is 646. The Hall–Kier alpha value is -2.34. The molecular formula is C24H26. The van der Waals surface area contributed by atoms with Crippen molar-refractivity contribution in [3.8, 4) is 0 Å². The minimum atomic E-state index is 0.518. The molecule has 0 heteroatoms. The highest BCUT2D eigenvalue weighted by molar-refractivity contribution is 5.32. The fourth-order valence-corrected chi connectivity index (χ4v) is 3.40. The number of rotatable bonds is 8. The van der Waals surface area contributed by atoms with Gasteiger partial charge in [-0.25, -0.2) is 0 Å². The first kappa shape index (κ1) is 16.5. The topological polar surface area (TPSA) is 0 Å². The fraction of sp³-hybridized carbons (Fsp3) is 0.250. The van der Waals surface area contributed by atoms with Crippen molar-refractivity contribution in [1.82, 2.24) is 0 Å². The van der Waals surface area contributed by atoms with Gasteiger partial charge in [-0.15, -0.1) is 0 Å². The van der Waals surface area contributed by atoms with Crippen LogP contribution in [0.15, 0.2) is 91.0 Å². The molecule has 122 valence electrons. The molecule has 0 aliphatic rings. The van der Waals surface area contributed by atoms with E-state index in [1.807, 2.05) is 0 Å². The molecule has 0 radical (unpaired) electrons. The summed E-state index contributed by atoms with van der Waals surface area (Å²) in [5.41, 5.74) is 4.33. The summed E-state index contributed by atoms with van der Waals surface area (Å²) in [5, 5.41) is 0. The molecule has 0 spiro atoms. The fourth-order valence-electron chi connectivity index (χ4n) is 3.40. The number of hydrogen-bond acceptors (Lipinski definition) is 0. The summed E-state index contributed by atoms with van der Waals surface area (Å²) in [6.45, 7) is 0. The highest BCUT2D eigenvalue weighted by Crippen LogP contribution is 2.29. The molecule has 3 aromatic carbocycles. The molecule has 0 aliphatic heterocycles. The van der Waals surface area contributed by atoms with Crippen LogP contribution < -0.4 is 0 Å². The first-order valence-electron chi connectivity index (χ1n) is 9.07. The average molecular weight is 314 g/mol. The second-order valence-electron chi connectivity index (χ2n) is 6.46. The predicted octanol–water partition coefficient (Wildman–Crippen LogP) is 6.62. The van der Waals surface area contributed by atoms with E-state index < -0.39 is 0 Å². The van der Waals surface area contributed by atoms with Crippen LogP contribution in [0.2, 0.25) is 0 Å². The molecule has 0 fully saturated rings. The van der Waals surface area contributed by atoms with Crippen LogP contribution in [0.25, 0.3) is 0 Å². The van der Waals surface area contributed by atoms with Crippen molar-refractivity contribution in [2.75, 3.05) is 0 Å². The lowest BCUT2D eigenvalue weighted by atomic mass is 9.87. The Labute approximate surface area is 146 Å². The van der Waals surface area contributed by atoms with Gasteiger partial charge in [-0.1, -0.05) is 104 Å². The Kier molecular flexibility index (Phi) is 6.25. The van der Waals surface area contributed by atoms with Crippen LogP contribution in [0.5, 0.6) is 0 Å². The molecule has 0 nitrogen and oxygen atoms in total. The van der Waals surface area contributed by atoms with Crippen molar-refractivity contribution in [3.05, 3.63) is 108 Å². The normalized spacial score (nSPS) is 10.9. The highest BCUT2D eigenvalue weighted by atomic mass is 14.2. The number of unbranched alkanes of at least 4 members (excludes halogenated alkanes) is 2. The van der Waals surface area contributed by atoms with E-state index in [-0.39, 0.29) is 0 Å². The summed E-state index contributed by atoms with van der Waals surface area (Å²) < 4.78 is 0. The predicted molar refractivity (Wildman–Crippen MR) is 103 cm³/mol. The zero-order valence-corrected chi connectivity index (χ0v) is 14.3. The molecule has 0 amide bonds. The van der Waals surface area contributed by atoms with E-state index in [4.69, 9.17) is 0 Å². The van der Waals surface area contributed by atoms with Crippen LogP contribution >= 0.6 is 0 Å². The van der Waals surface area contributed by atoms with Gasteiger partial charge in [0.15, 0.2) is 0 Å². The quantitative estimate of drug-likeness (QED) is 0.410. The lowest BCUT2D eigenvalue weighted by Gasteiger charge is -2.18. The van der Waals surface area contributed by atoms with E-state index in [1.54, 1.807) is 0 Å². The van der Waals surface area contributed by atoms with Gasteiger partial charge in [0.1, 0.15) is 0 Å². The zero-order chi connectivity index (χ0) is 16.5. The molecule has 3 aromatic rings. The average Bonchev–Trinajstić information content (AvgIpc) is 2.67. The van der Waals surface area contributed by atoms with E-state index in [0.29, 0.717) is 5.92 Å². The monoisotopic (exact) mass is 314 g/mol. The van der Waals surface area contributed by atoms with E-state index in [2.05, 4.69) is 91.0 Å². The lowest BCUT2D eigenvalue weighted by molar-refractivity contribution is 0.602. The molecule has 0 saturated carbocycles. The van der Waals surface area contributed by atoms with Crippen molar-refractivity contribution < 1.29 is 0 Å². The van der Waals surface area contributed by atoms with Gasteiger partial charge in [-0.05, 0) is 36.0 Å². The SMILES string of the molecule is c1ccc(CCCCCC(c2ccccc2)c2ccccc2)cc1. The van der Waals surface area contributed by atoms with Gasteiger partial charge in [0.05, 0.1) is 0 Å². The number of aryl methyl sites for hydroxylation is 1. The van der Waals surface area contributed by atoms with Crippen molar-refractivity contribution in [1.29, 1.82) is 0 Å². The standard InChI is InChI=1S/C24H26/c1-5-13-21(14-6-1)15-7-2-12-20-24(22-16-8-3-9-17-22)23-18-10-4-11-19-23/h1,3-6,8-11,13-14,16-19,24H,2,7,12,15,20H2. The number of benzene rings is 3. The van der Waals surface area contributed by atoms with Crippen LogP contribution in [0.1, 0.15) is 48.3 Å². The van der Waals surface area contributed by atoms with Gasteiger partial charge >= 0.3 is 0 Å². The molecule has 3 rings (SSSR count). The summed E-state index contributed by atoms with van der Waals surface area (Å²) in [7, 11) is 0. The van der Waals surface area contributed by atoms with Gasteiger partial charge < -0.3 is 0 Å². The first-order chi connectivity index (χ1) is 11.9. The van der Waals surface area contributed by atoms with Crippen LogP contribution in [-0.2, 0) is 6.42 Å². The largest absolute Gasteiger partial charge is 0.0622 e. The second kappa shape index (κ2) is 9.08. The van der Waals surface area contributed by atoms with Gasteiger partial charge in [0.25, 0.3) is 0 Å². The summed E-state index contributed by atoms with van der Waals surface area (Å²) in [6.07, 6.45) is 6.28. The minimum absolute atomic E-state index is 0.518. The molecule has 0 atom stereocenters. The maximum atomic E-state index is 2.27. The maximum absolute atomic E-state index is 2.27. The first-order valence-corrected chi connectivity index (χ1v) is 9.07. The molecule has 0 aromatic heterocycles. The second-order valence-corrected chi connectivity index (χ2v) is 6.46. The van der Waals surface area contributed by atoms with Crippen molar-refractivity contribution >= 4 is 0 Å². The molecule has 24 heavy (non-hydrogen) atoms. The van der Waals surface area contributed by atoms with E-state index in [9.17, 15) is 0 Å². The minimum Gasteiger partial charge on any atom is -0.0622 e. The van der Waals surface area contributed by atoms with Gasteiger partial charge in [-0.2, -0.15) is 0 Å². The summed E-state index contributed by atoms with van der Waals surface area (Å²) in [5.74, 6) is 0.518. The summed E-state index contributed by atoms with van der Waals surface area (Å²) in [6, 6.07) is 32.7. The maximum Gasteiger partial charge on any atom is 0.00893 e. The Balaban J connectivity index is 1.55. The zero-order valence-electron chi connectivity index (χ0n) is 14.3. The molecule has 0 N–H and O–H groups in total. The van der Waals surface area contributed by atoms with Gasteiger partial charge in [0.2, 0.25) is 0 Å². The molecular weight excluding hydrogens is 288 g/mol. The molecule has 0 aliphatic carbocycles. The van der Waals surface area contributed by atoms with Gasteiger partial charge in [-0.3, -0.25) is 0 Å². The third-order valence-corrected chi connectivity index (χ3v) is 4.70. The number of hydrogen-bond donors (Lipinski definition) is 0. The smallest absolute Gasteiger partial charge is 0.00893 e. The third-order valence-electron chi connectivity index (χ3n) is 4.70. The Morgan fingerprint density at radius 1 is 0.500 bits per heavy atom. The van der Waals surface area contributed by atoms with Crippen LogP contribution in [-0.4, -0.2) is 0 Å². The van der Waals surface area contributed by atoms with E-state index in [1.165, 1.54) is 48.8 Å². The summed E-state index contributed by atoms with van der Waals surface area (Å²) in [4.78, 5) is 0. The molecule has 0 unspecified atom stereocenters. The highest BCUT2D eigenvalue weighted by Gasteiger charge is 2.13. The Morgan fingerprint density at radius 3 is 1.54 bits per heavy atom. The molecule has 0 saturated heterocycles. The third kappa shape index (κ3) is 4.83. The van der Waals surface area contributed by atoms with Crippen molar-refractivity contribution in [2.24, 2.45) is 0 Å². The molecule has 0 bridgehead atoms. The van der Waals surface area contributed by atoms with Crippen LogP contribution in [0.4, 0.5) is 0 Å². The van der Waals surface area contributed by atoms with Crippen molar-refractivity contribution in [3.63, 3.8) is 0 Å². The molecule has 0 heterocycles. The summed E-state index contributed by atoms with van der Waals surface area (Å²) >= 11 is 0. The van der Waals surface area contributed by atoms with Gasteiger partial charge in [0, 0.05) is 5.92 Å². The van der Waals surface area contributed by atoms with E-state index >= 15 is 0 Å². The Morgan fingerprint density at radius 2 is 1.00 bits per heavy atom.